The zero-order chi connectivity index (χ0) is 49.5. The molecule has 0 aliphatic heterocycles. The van der Waals surface area contributed by atoms with Gasteiger partial charge in [-0.05, 0) is 185 Å². The van der Waals surface area contributed by atoms with E-state index < -0.39 is 0 Å². The van der Waals surface area contributed by atoms with Gasteiger partial charge in [-0.1, -0.05) is 160 Å². The van der Waals surface area contributed by atoms with E-state index in [1.54, 1.807) is 0 Å². The summed E-state index contributed by atoms with van der Waals surface area (Å²) in [6, 6.07) is 35.0. The van der Waals surface area contributed by atoms with E-state index in [-0.39, 0.29) is 0 Å². The van der Waals surface area contributed by atoms with Crippen LogP contribution < -0.4 is 0 Å². The minimum absolute atomic E-state index is 0.851. The first-order valence-electron chi connectivity index (χ1n) is 24.0. The van der Waals surface area contributed by atoms with E-state index in [1.165, 1.54) is 89.0 Å². The van der Waals surface area contributed by atoms with Gasteiger partial charge in [-0.15, -0.1) is 0 Å². The van der Waals surface area contributed by atoms with Crippen LogP contribution in [-0.4, -0.2) is 22.8 Å². The largest absolute Gasteiger partial charge is 0.251 e. The Balaban J connectivity index is 0.000000253. The van der Waals surface area contributed by atoms with Gasteiger partial charge >= 0.3 is 0 Å². The quantitative estimate of drug-likeness (QED) is 0.0867. The molecule has 4 nitrogen and oxygen atoms in total. The second kappa shape index (κ2) is 25.6. The first-order valence-corrected chi connectivity index (χ1v) is 25.1. The van der Waals surface area contributed by atoms with Gasteiger partial charge in [0.2, 0.25) is 0 Å². The highest BCUT2D eigenvalue weighted by Gasteiger charge is 2.14. The van der Waals surface area contributed by atoms with Gasteiger partial charge < -0.3 is 0 Å². The molecular weight excluding hydrogens is 881 g/mol. The summed E-state index contributed by atoms with van der Waals surface area (Å²) in [7, 11) is 0. The molecule has 0 atom stereocenters. The molecule has 0 aliphatic carbocycles. The van der Waals surface area contributed by atoms with Crippen molar-refractivity contribution in [1.29, 1.82) is 0 Å². The summed E-state index contributed by atoms with van der Waals surface area (Å²) in [6.45, 7) is 36.3. The molecule has 0 radical (unpaired) electrons. The van der Waals surface area contributed by atoms with E-state index in [2.05, 4.69) is 231 Å². The first kappa shape index (κ1) is 54.1. The lowest BCUT2D eigenvalue weighted by Crippen LogP contribution is -2.15. The minimum atomic E-state index is 0.851. The topological polar surface area (TPSA) is 49.4 Å². The second-order valence-electron chi connectivity index (χ2n) is 18.7. The van der Waals surface area contributed by atoms with Crippen LogP contribution in [0, 0.1) is 96.9 Å². The third kappa shape index (κ3) is 16.1. The Morgan fingerprint density at radius 3 is 0.955 bits per heavy atom. The molecule has 0 aliphatic rings. The van der Waals surface area contributed by atoms with Crippen molar-refractivity contribution in [3.05, 3.63) is 186 Å². The Labute approximate surface area is 414 Å². The molecule has 6 aromatic rings. The van der Waals surface area contributed by atoms with E-state index in [4.69, 9.17) is 20.0 Å². The Morgan fingerprint density at radius 2 is 0.642 bits per heavy atom. The molecular formula is C62H77BrN4. The molecule has 0 fully saturated rings. The van der Waals surface area contributed by atoms with Crippen molar-refractivity contribution in [1.82, 2.24) is 0 Å². The number of aliphatic imine (C=N–C) groups is 4. The Bertz CT molecular complexity index is 2670. The third-order valence-corrected chi connectivity index (χ3v) is 12.7. The number of nitrogens with zero attached hydrogens (tertiary/aromatic N) is 4. The van der Waals surface area contributed by atoms with Crippen LogP contribution in [-0.2, 0) is 11.8 Å². The monoisotopic (exact) mass is 957 g/mol. The SMILES string of the molecule is CCC(=Nc1c(C)cc(C)cc1C)C(C)=Nc1c(C)cc(C)cc1C.CCC(=Nc1c(C)cc(C)cc1C)C(CCc1ccc(C)cc1)=Nc1c(C)cc(C)cc1C.Cc1ccc(CBr)cc1. The average Bonchev–Trinajstić information content (AvgIpc) is 3.25. The fraction of sp³-hybridized carbons (Fsp3) is 0.355. The highest BCUT2D eigenvalue weighted by molar-refractivity contribution is 9.08. The molecule has 6 aromatic carbocycles. The summed E-state index contributed by atoms with van der Waals surface area (Å²) >= 11 is 3.38. The Hall–Kier alpha value is -5.52. The van der Waals surface area contributed by atoms with E-state index in [1.807, 2.05) is 0 Å². The molecule has 0 aromatic heterocycles. The fourth-order valence-electron chi connectivity index (χ4n) is 8.75. The predicted octanol–water partition coefficient (Wildman–Crippen LogP) is 18.4. The lowest BCUT2D eigenvalue weighted by molar-refractivity contribution is 1.04. The van der Waals surface area contributed by atoms with Crippen molar-refractivity contribution in [3.63, 3.8) is 0 Å². The number of alkyl halides is 1. The highest BCUT2D eigenvalue weighted by Crippen LogP contribution is 2.31. The number of hydrogen-bond donors (Lipinski definition) is 0. The number of aryl methyl sites for hydroxylation is 15. The number of rotatable bonds is 12. The second-order valence-corrected chi connectivity index (χ2v) is 19.2. The Kier molecular flexibility index (Phi) is 20.6. The van der Waals surface area contributed by atoms with Gasteiger partial charge in [0.05, 0.1) is 45.6 Å². The van der Waals surface area contributed by atoms with Gasteiger partial charge in [-0.25, -0.2) is 0 Å². The summed E-state index contributed by atoms with van der Waals surface area (Å²) in [5, 5.41) is 0.952. The lowest BCUT2D eigenvalue weighted by atomic mass is 10.00. The summed E-state index contributed by atoms with van der Waals surface area (Å²) in [5.74, 6) is 0. The van der Waals surface area contributed by atoms with Crippen LogP contribution in [0.1, 0.15) is 129 Å². The smallest absolute Gasteiger partial charge is 0.0692 e. The molecule has 0 heterocycles. The van der Waals surface area contributed by atoms with Gasteiger partial charge in [0.1, 0.15) is 0 Å². The van der Waals surface area contributed by atoms with Crippen molar-refractivity contribution in [2.24, 2.45) is 20.0 Å². The maximum absolute atomic E-state index is 5.26. The molecule has 5 heteroatoms. The van der Waals surface area contributed by atoms with E-state index >= 15 is 0 Å². The van der Waals surface area contributed by atoms with E-state index in [9.17, 15) is 0 Å². The number of halogens is 1. The summed E-state index contributed by atoms with van der Waals surface area (Å²) in [5.41, 5.74) is 28.7. The van der Waals surface area contributed by atoms with E-state index in [0.29, 0.717) is 0 Å². The van der Waals surface area contributed by atoms with E-state index in [0.717, 1.165) is 76.6 Å². The summed E-state index contributed by atoms with van der Waals surface area (Å²) in [4.78, 5) is 20.4. The van der Waals surface area contributed by atoms with Crippen molar-refractivity contribution < 1.29 is 0 Å². The van der Waals surface area contributed by atoms with Crippen LogP contribution in [0.3, 0.4) is 0 Å². The molecule has 67 heavy (non-hydrogen) atoms. The lowest BCUT2D eigenvalue weighted by Gasteiger charge is -2.14. The molecule has 0 saturated carbocycles. The van der Waals surface area contributed by atoms with Crippen LogP contribution >= 0.6 is 15.9 Å². The van der Waals surface area contributed by atoms with Crippen LogP contribution in [0.25, 0.3) is 0 Å². The molecule has 0 saturated heterocycles. The fourth-order valence-corrected chi connectivity index (χ4v) is 9.13. The molecule has 0 spiro atoms. The van der Waals surface area contributed by atoms with Crippen LogP contribution in [0.2, 0.25) is 0 Å². The predicted molar refractivity (Wildman–Crippen MR) is 301 cm³/mol. The van der Waals surface area contributed by atoms with Gasteiger partial charge in [0.25, 0.3) is 0 Å². The third-order valence-electron chi connectivity index (χ3n) is 12.0. The van der Waals surface area contributed by atoms with Crippen molar-refractivity contribution in [3.8, 4) is 0 Å². The van der Waals surface area contributed by atoms with Gasteiger partial charge in [0.15, 0.2) is 0 Å². The highest BCUT2D eigenvalue weighted by atomic mass is 79.9. The minimum Gasteiger partial charge on any atom is -0.251 e. The Morgan fingerprint density at radius 1 is 0.358 bits per heavy atom. The van der Waals surface area contributed by atoms with Crippen LogP contribution in [0.5, 0.6) is 0 Å². The molecule has 0 bridgehead atoms. The molecule has 0 N–H and O–H groups in total. The van der Waals surface area contributed by atoms with Crippen molar-refractivity contribution in [2.75, 3.05) is 0 Å². The molecule has 352 valence electrons. The van der Waals surface area contributed by atoms with Crippen LogP contribution in [0.4, 0.5) is 22.7 Å². The maximum atomic E-state index is 5.26. The maximum Gasteiger partial charge on any atom is 0.0692 e. The van der Waals surface area contributed by atoms with Gasteiger partial charge in [0, 0.05) is 5.33 Å². The van der Waals surface area contributed by atoms with Crippen LogP contribution in [0.15, 0.2) is 117 Å². The summed E-state index contributed by atoms with van der Waals surface area (Å²) in [6.07, 6.45) is 3.54. The normalized spacial score (nSPS) is 12.1. The van der Waals surface area contributed by atoms with Gasteiger partial charge in [-0.2, -0.15) is 0 Å². The molecule has 0 unspecified atom stereocenters. The first-order chi connectivity index (χ1) is 31.7. The van der Waals surface area contributed by atoms with Gasteiger partial charge in [-0.3, -0.25) is 20.0 Å². The molecule has 0 amide bonds. The zero-order valence-electron chi connectivity index (χ0n) is 43.9. The summed E-state index contributed by atoms with van der Waals surface area (Å²) < 4.78 is 0. The number of benzene rings is 6. The zero-order valence-corrected chi connectivity index (χ0v) is 45.5. The van der Waals surface area contributed by atoms with Crippen molar-refractivity contribution >= 4 is 61.5 Å². The average molecular weight is 958 g/mol. The standard InChI is InChI=1S/C31H38N2.C23H30N2.C8H9Br/c1-9-28(32-30-23(5)16-21(3)17-24(30)6)29(15-14-27-12-10-20(2)11-13-27)33-31-25(7)18-22(4)19-26(31)8;1-9-21(25-23-18(6)12-15(3)13-19(23)7)20(8)24-22-16(4)10-14(2)11-17(22)5;1-7-2-4-8(6-9)5-3-7/h10-13,16-19H,9,14-15H2,1-8H3;10-13H,9H2,1-8H3;2-5H,6H2,1H3. The number of hydrogen-bond acceptors (Lipinski definition) is 4. The molecule has 6 rings (SSSR count). The van der Waals surface area contributed by atoms with Crippen molar-refractivity contribution in [2.45, 2.75) is 149 Å².